The quantitative estimate of drug-likeness (QED) is 0.621. The number of carbonyl (C=O) groups excluding carboxylic acids is 3. The summed E-state index contributed by atoms with van der Waals surface area (Å²) in [6.07, 6.45) is 1.15. The average Bonchev–Trinajstić information content (AvgIpc) is 2.26. The van der Waals surface area contributed by atoms with Gasteiger partial charge in [0.25, 0.3) is 0 Å². The summed E-state index contributed by atoms with van der Waals surface area (Å²) in [5, 5.41) is 7.94. The molecule has 1 N–H and O–H groups in total. The van der Waals surface area contributed by atoms with Crippen LogP contribution in [0.2, 0.25) is 0 Å². The van der Waals surface area contributed by atoms with Gasteiger partial charge in [-0.2, -0.15) is 0 Å². The first kappa shape index (κ1) is 15.5. The monoisotopic (exact) mass is 267 g/mol. The van der Waals surface area contributed by atoms with Crippen molar-refractivity contribution in [3.05, 3.63) is 0 Å². The van der Waals surface area contributed by atoms with Crippen molar-refractivity contribution in [2.45, 2.75) is 40.0 Å². The highest BCUT2D eigenvalue weighted by Gasteiger charge is 2.52. The van der Waals surface area contributed by atoms with Crippen LogP contribution in [0.15, 0.2) is 0 Å². The Balaban J connectivity index is 3.12. The number of methoxy groups -OCH3 is 1. The maximum absolute atomic E-state index is 12.4. The standard InChI is InChI=1S/C14H21NO4/c1-5-6-9(16)10-8(15)7-14(2,3)11(12(10)17)13(18)19-4/h10-11,15H,5-7H2,1-4H3/t10-,11+/m0/s1. The van der Waals surface area contributed by atoms with E-state index in [0.717, 1.165) is 0 Å². The number of nitrogens with one attached hydrogen (secondary N) is 1. The van der Waals surface area contributed by atoms with E-state index in [9.17, 15) is 14.4 Å². The Hall–Kier alpha value is -1.52. The molecule has 106 valence electrons. The van der Waals surface area contributed by atoms with Gasteiger partial charge in [-0.15, -0.1) is 0 Å². The highest BCUT2D eigenvalue weighted by Crippen LogP contribution is 2.40. The molecule has 1 aliphatic rings. The predicted molar refractivity (Wildman–Crippen MR) is 70.0 cm³/mol. The fraction of sp³-hybridized carbons (Fsp3) is 0.714. The summed E-state index contributed by atoms with van der Waals surface area (Å²) in [4.78, 5) is 36.2. The lowest BCUT2D eigenvalue weighted by Crippen LogP contribution is -2.51. The summed E-state index contributed by atoms with van der Waals surface area (Å²) in [5.41, 5.74) is -0.557. The molecule has 0 radical (unpaired) electrons. The molecule has 5 nitrogen and oxygen atoms in total. The highest BCUT2D eigenvalue weighted by atomic mass is 16.5. The number of hydrogen-bond donors (Lipinski definition) is 1. The number of hydrogen-bond acceptors (Lipinski definition) is 5. The molecule has 0 aliphatic heterocycles. The molecule has 0 unspecified atom stereocenters. The second-order valence-electron chi connectivity index (χ2n) is 5.70. The Morgan fingerprint density at radius 2 is 2.00 bits per heavy atom. The van der Waals surface area contributed by atoms with Crippen LogP contribution in [0.4, 0.5) is 0 Å². The number of esters is 1. The van der Waals surface area contributed by atoms with E-state index in [-0.39, 0.29) is 24.3 Å². The second kappa shape index (κ2) is 5.63. The van der Waals surface area contributed by atoms with Crippen LogP contribution in [0.25, 0.3) is 0 Å². The van der Waals surface area contributed by atoms with E-state index in [2.05, 4.69) is 4.74 Å². The molecule has 0 heterocycles. The van der Waals surface area contributed by atoms with Crippen molar-refractivity contribution < 1.29 is 19.1 Å². The molecule has 1 fully saturated rings. The number of Topliss-reactive ketones (excluding diaryl/α,β-unsaturated/α-hetero) is 2. The minimum Gasteiger partial charge on any atom is -0.468 e. The summed E-state index contributed by atoms with van der Waals surface area (Å²) in [6.45, 7) is 5.35. The molecule has 1 saturated carbocycles. The molecular weight excluding hydrogens is 246 g/mol. The zero-order chi connectivity index (χ0) is 14.8. The zero-order valence-electron chi connectivity index (χ0n) is 11.9. The molecule has 0 aromatic rings. The number of ether oxygens (including phenoxy) is 1. The van der Waals surface area contributed by atoms with Gasteiger partial charge in [0, 0.05) is 12.1 Å². The van der Waals surface area contributed by atoms with E-state index < -0.39 is 29.0 Å². The first-order chi connectivity index (χ1) is 8.76. The maximum atomic E-state index is 12.4. The molecular formula is C14H21NO4. The van der Waals surface area contributed by atoms with Crippen LogP contribution in [0.1, 0.15) is 40.0 Å². The third-order valence-corrected chi connectivity index (χ3v) is 3.60. The number of ketones is 2. The molecule has 0 bridgehead atoms. The normalized spacial score (nSPS) is 26.1. The van der Waals surface area contributed by atoms with Gasteiger partial charge in [-0.1, -0.05) is 20.8 Å². The minimum atomic E-state index is -1.06. The molecule has 1 aliphatic carbocycles. The van der Waals surface area contributed by atoms with Crippen molar-refractivity contribution in [2.24, 2.45) is 17.3 Å². The van der Waals surface area contributed by atoms with E-state index in [1.165, 1.54) is 7.11 Å². The summed E-state index contributed by atoms with van der Waals surface area (Å²) < 4.78 is 4.68. The van der Waals surface area contributed by atoms with E-state index >= 15 is 0 Å². The molecule has 0 aromatic heterocycles. The molecule has 2 atom stereocenters. The van der Waals surface area contributed by atoms with Gasteiger partial charge in [0.2, 0.25) is 0 Å². The van der Waals surface area contributed by atoms with E-state index in [0.29, 0.717) is 6.42 Å². The third-order valence-electron chi connectivity index (χ3n) is 3.60. The van der Waals surface area contributed by atoms with Gasteiger partial charge >= 0.3 is 5.97 Å². The van der Waals surface area contributed by atoms with Crippen LogP contribution in [-0.4, -0.2) is 30.4 Å². The van der Waals surface area contributed by atoms with Crippen molar-refractivity contribution in [1.29, 1.82) is 5.41 Å². The second-order valence-corrected chi connectivity index (χ2v) is 5.70. The highest BCUT2D eigenvalue weighted by molar-refractivity contribution is 6.25. The number of rotatable bonds is 4. The smallest absolute Gasteiger partial charge is 0.316 e. The van der Waals surface area contributed by atoms with Crippen molar-refractivity contribution in [3.8, 4) is 0 Å². The molecule has 0 spiro atoms. The SMILES string of the molecule is CCCC(=O)[C@@H]1C(=N)CC(C)(C)[C@@H](C(=O)OC)C1=O. The van der Waals surface area contributed by atoms with E-state index in [4.69, 9.17) is 5.41 Å². The van der Waals surface area contributed by atoms with Gasteiger partial charge in [-0.3, -0.25) is 14.4 Å². The maximum Gasteiger partial charge on any atom is 0.316 e. The van der Waals surface area contributed by atoms with Crippen molar-refractivity contribution in [3.63, 3.8) is 0 Å². The Labute approximate surface area is 113 Å². The van der Waals surface area contributed by atoms with Gasteiger partial charge in [0.1, 0.15) is 17.6 Å². The molecule has 0 saturated heterocycles. The van der Waals surface area contributed by atoms with Gasteiger partial charge in [0.05, 0.1) is 7.11 Å². The van der Waals surface area contributed by atoms with E-state index in [1.54, 1.807) is 13.8 Å². The lowest BCUT2D eigenvalue weighted by Gasteiger charge is -2.38. The fourth-order valence-corrected chi connectivity index (χ4v) is 2.72. The van der Waals surface area contributed by atoms with Crippen LogP contribution in [0, 0.1) is 22.7 Å². The topological polar surface area (TPSA) is 84.3 Å². The molecule has 0 amide bonds. The Morgan fingerprint density at radius 1 is 1.42 bits per heavy atom. The van der Waals surface area contributed by atoms with Gasteiger partial charge < -0.3 is 10.1 Å². The lowest BCUT2D eigenvalue weighted by molar-refractivity contribution is -0.156. The van der Waals surface area contributed by atoms with Gasteiger partial charge in [-0.05, 0) is 18.3 Å². The minimum absolute atomic E-state index is 0.119. The van der Waals surface area contributed by atoms with Gasteiger partial charge in [0.15, 0.2) is 5.78 Å². The third kappa shape index (κ3) is 2.91. The summed E-state index contributed by atoms with van der Waals surface area (Å²) >= 11 is 0. The molecule has 5 heteroatoms. The summed E-state index contributed by atoms with van der Waals surface area (Å²) in [7, 11) is 1.23. The van der Waals surface area contributed by atoms with Crippen molar-refractivity contribution in [1.82, 2.24) is 0 Å². The van der Waals surface area contributed by atoms with Crippen molar-refractivity contribution >= 4 is 23.2 Å². The fourth-order valence-electron chi connectivity index (χ4n) is 2.72. The molecule has 19 heavy (non-hydrogen) atoms. The Morgan fingerprint density at radius 3 is 2.47 bits per heavy atom. The Bertz CT molecular complexity index is 425. The zero-order valence-corrected chi connectivity index (χ0v) is 11.9. The van der Waals surface area contributed by atoms with Gasteiger partial charge in [-0.25, -0.2) is 0 Å². The first-order valence-corrected chi connectivity index (χ1v) is 6.47. The lowest BCUT2D eigenvalue weighted by atomic mass is 9.62. The van der Waals surface area contributed by atoms with Crippen LogP contribution in [-0.2, 0) is 19.1 Å². The van der Waals surface area contributed by atoms with Crippen LogP contribution >= 0.6 is 0 Å². The van der Waals surface area contributed by atoms with Crippen LogP contribution in [0.3, 0.4) is 0 Å². The summed E-state index contributed by atoms with van der Waals surface area (Å²) in [5.74, 6) is -3.38. The molecule has 0 aromatic carbocycles. The number of carbonyl (C=O) groups is 3. The largest absolute Gasteiger partial charge is 0.468 e. The van der Waals surface area contributed by atoms with Crippen molar-refractivity contribution in [2.75, 3.05) is 7.11 Å². The Kier molecular flexibility index (Phi) is 4.61. The van der Waals surface area contributed by atoms with Crippen LogP contribution < -0.4 is 0 Å². The summed E-state index contributed by atoms with van der Waals surface area (Å²) in [6, 6.07) is 0. The molecule has 1 rings (SSSR count). The van der Waals surface area contributed by atoms with E-state index in [1.807, 2.05) is 6.92 Å². The van der Waals surface area contributed by atoms with Crippen LogP contribution in [0.5, 0.6) is 0 Å². The first-order valence-electron chi connectivity index (χ1n) is 6.47. The average molecular weight is 267 g/mol. The predicted octanol–water partition coefficient (Wildman–Crippen LogP) is 1.78.